The number of nitrogens with one attached hydrogen (secondary N) is 1. The van der Waals surface area contributed by atoms with E-state index in [4.69, 9.17) is 22.1 Å². The number of amides is 1. The lowest BCUT2D eigenvalue weighted by atomic mass is 9.87. The third-order valence-electron chi connectivity index (χ3n) is 7.51. The number of nitrogens with zero attached hydrogens (tertiary/aromatic N) is 2. The summed E-state index contributed by atoms with van der Waals surface area (Å²) in [6.07, 6.45) is 3.68. The third-order valence-corrected chi connectivity index (χ3v) is 7.85. The van der Waals surface area contributed by atoms with E-state index in [1.165, 1.54) is 11.3 Å². The molecule has 37 heavy (non-hydrogen) atoms. The van der Waals surface area contributed by atoms with Gasteiger partial charge in [0.1, 0.15) is 0 Å². The van der Waals surface area contributed by atoms with Crippen molar-refractivity contribution in [1.82, 2.24) is 10.2 Å². The molecule has 1 aliphatic rings. The van der Waals surface area contributed by atoms with E-state index in [1.807, 2.05) is 13.8 Å². The Balaban J connectivity index is 2.09. The zero-order valence-corrected chi connectivity index (χ0v) is 24.7. The van der Waals surface area contributed by atoms with Gasteiger partial charge in [-0.3, -0.25) is 9.69 Å². The van der Waals surface area contributed by atoms with Crippen molar-refractivity contribution in [2.75, 3.05) is 44.8 Å². The van der Waals surface area contributed by atoms with Crippen LogP contribution in [0.3, 0.4) is 0 Å². The zero-order valence-electron chi connectivity index (χ0n) is 23.9. The lowest BCUT2D eigenvalue weighted by Gasteiger charge is -2.34. The molecule has 4 N–H and O–H groups in total. The number of aliphatic hydroxyl groups is 1. The molecule has 0 saturated heterocycles. The van der Waals surface area contributed by atoms with Crippen LogP contribution in [0.2, 0.25) is 5.02 Å². The number of unbranched alkanes of at least 4 members (excludes halogenated alkanes) is 1. The normalized spacial score (nSPS) is 16.3. The number of fused-ring (bicyclic) bond motifs is 1. The minimum Gasteiger partial charge on any atom is -0.391 e. The number of nitrogens with two attached hydrogens (primary N) is 1. The van der Waals surface area contributed by atoms with E-state index in [-0.39, 0.29) is 23.8 Å². The molecule has 1 aromatic rings. The summed E-state index contributed by atoms with van der Waals surface area (Å²) < 4.78 is 5.32. The molecule has 0 radical (unpaired) electrons. The standard InChI is InChI=1S/C29H51ClN4O3/c1-7-8-11-32-29(36)24(20(2)3)17-28(35)26(31)19-34(21(4)5)18-22-15-25(30)23-10-9-12-33(13-14-37-6)27(23)16-22/h15-16,20-21,24,26,28,35H,7-14,17-19,31H2,1-6H3,(H,32,36)/t24-,26-,28-/m0/s1. The summed E-state index contributed by atoms with van der Waals surface area (Å²) in [5.74, 6) is -0.122. The lowest BCUT2D eigenvalue weighted by Crippen LogP contribution is -2.48. The first-order valence-corrected chi connectivity index (χ1v) is 14.5. The van der Waals surface area contributed by atoms with E-state index >= 15 is 0 Å². The maximum absolute atomic E-state index is 12.7. The minimum absolute atomic E-state index is 0.0112. The fourth-order valence-electron chi connectivity index (χ4n) is 5.02. The van der Waals surface area contributed by atoms with E-state index in [0.29, 0.717) is 32.7 Å². The van der Waals surface area contributed by atoms with Crippen molar-refractivity contribution in [3.63, 3.8) is 0 Å². The number of hydrogen-bond acceptors (Lipinski definition) is 6. The van der Waals surface area contributed by atoms with Crippen molar-refractivity contribution >= 4 is 23.2 Å². The van der Waals surface area contributed by atoms with E-state index in [9.17, 15) is 9.90 Å². The predicted molar refractivity (Wildman–Crippen MR) is 154 cm³/mol. The molecule has 0 spiro atoms. The second-order valence-corrected chi connectivity index (χ2v) is 11.6. The monoisotopic (exact) mass is 538 g/mol. The van der Waals surface area contributed by atoms with Crippen LogP contribution in [0, 0.1) is 11.8 Å². The lowest BCUT2D eigenvalue weighted by molar-refractivity contribution is -0.127. The summed E-state index contributed by atoms with van der Waals surface area (Å²) in [6, 6.07) is 4.10. The number of halogens is 1. The highest BCUT2D eigenvalue weighted by Crippen LogP contribution is 2.34. The molecule has 0 saturated carbocycles. The smallest absolute Gasteiger partial charge is 0.223 e. The summed E-state index contributed by atoms with van der Waals surface area (Å²) in [4.78, 5) is 17.4. The number of hydrogen-bond donors (Lipinski definition) is 3. The number of carbonyl (C=O) groups excluding carboxylic acids is 1. The first kappa shape index (κ1) is 31.8. The summed E-state index contributed by atoms with van der Waals surface area (Å²) in [5.41, 5.74) is 10.1. The molecule has 1 aliphatic heterocycles. The summed E-state index contributed by atoms with van der Waals surface area (Å²) >= 11 is 6.75. The summed E-state index contributed by atoms with van der Waals surface area (Å²) in [7, 11) is 1.73. The van der Waals surface area contributed by atoms with Crippen LogP contribution in [-0.4, -0.2) is 74.0 Å². The fraction of sp³-hybridized carbons (Fsp3) is 0.759. The van der Waals surface area contributed by atoms with E-state index in [2.05, 4.69) is 48.0 Å². The Morgan fingerprint density at radius 1 is 1.30 bits per heavy atom. The van der Waals surface area contributed by atoms with Crippen molar-refractivity contribution in [2.45, 2.75) is 91.5 Å². The number of anilines is 1. The predicted octanol–water partition coefficient (Wildman–Crippen LogP) is 4.22. The number of aliphatic hydroxyl groups excluding tert-OH is 1. The molecule has 1 aromatic carbocycles. The van der Waals surface area contributed by atoms with Crippen LogP contribution in [0.4, 0.5) is 5.69 Å². The largest absolute Gasteiger partial charge is 0.391 e. The van der Waals surface area contributed by atoms with Crippen LogP contribution in [-0.2, 0) is 22.5 Å². The maximum Gasteiger partial charge on any atom is 0.223 e. The van der Waals surface area contributed by atoms with Crippen LogP contribution in [0.25, 0.3) is 0 Å². The molecule has 2 rings (SSSR count). The Morgan fingerprint density at radius 2 is 2.03 bits per heavy atom. The summed E-state index contributed by atoms with van der Waals surface area (Å²) in [6.45, 7) is 14.9. The van der Waals surface area contributed by atoms with Crippen LogP contribution in [0.1, 0.15) is 71.4 Å². The Labute approximate surface area is 230 Å². The molecule has 0 fully saturated rings. The Morgan fingerprint density at radius 3 is 2.65 bits per heavy atom. The second-order valence-electron chi connectivity index (χ2n) is 11.1. The molecule has 8 heteroatoms. The molecule has 3 atom stereocenters. The van der Waals surface area contributed by atoms with Crippen LogP contribution < -0.4 is 16.0 Å². The number of ether oxygens (including phenoxy) is 1. The van der Waals surface area contributed by atoms with Crippen molar-refractivity contribution in [1.29, 1.82) is 0 Å². The Bertz CT molecular complexity index is 836. The average molecular weight is 539 g/mol. The van der Waals surface area contributed by atoms with Gasteiger partial charge < -0.3 is 25.8 Å². The number of rotatable bonds is 16. The van der Waals surface area contributed by atoms with Crippen LogP contribution >= 0.6 is 11.6 Å². The first-order valence-electron chi connectivity index (χ1n) is 14.1. The number of methoxy groups -OCH3 is 1. The molecule has 0 bridgehead atoms. The molecular weight excluding hydrogens is 488 g/mol. The highest BCUT2D eigenvalue weighted by Gasteiger charge is 2.29. The van der Waals surface area contributed by atoms with E-state index in [0.717, 1.165) is 49.4 Å². The highest BCUT2D eigenvalue weighted by molar-refractivity contribution is 6.31. The molecule has 1 heterocycles. The molecular formula is C29H51ClN4O3. The van der Waals surface area contributed by atoms with Gasteiger partial charge in [-0.25, -0.2) is 0 Å². The van der Waals surface area contributed by atoms with Gasteiger partial charge in [0.25, 0.3) is 0 Å². The zero-order chi connectivity index (χ0) is 27.5. The van der Waals surface area contributed by atoms with Gasteiger partial charge in [-0.1, -0.05) is 38.8 Å². The van der Waals surface area contributed by atoms with Gasteiger partial charge in [-0.15, -0.1) is 0 Å². The van der Waals surface area contributed by atoms with Crippen molar-refractivity contribution in [3.8, 4) is 0 Å². The molecule has 7 nitrogen and oxygen atoms in total. The van der Waals surface area contributed by atoms with Crippen LogP contribution in [0.5, 0.6) is 0 Å². The van der Waals surface area contributed by atoms with Gasteiger partial charge >= 0.3 is 0 Å². The van der Waals surface area contributed by atoms with Crippen molar-refractivity contribution in [3.05, 3.63) is 28.3 Å². The molecule has 212 valence electrons. The van der Waals surface area contributed by atoms with Gasteiger partial charge in [0.05, 0.1) is 12.7 Å². The Kier molecular flexibility index (Phi) is 13.7. The maximum atomic E-state index is 12.7. The molecule has 0 unspecified atom stereocenters. The first-order chi connectivity index (χ1) is 17.6. The van der Waals surface area contributed by atoms with Crippen molar-refractivity contribution in [2.24, 2.45) is 17.6 Å². The van der Waals surface area contributed by atoms with Gasteiger partial charge in [0.2, 0.25) is 5.91 Å². The molecule has 0 aromatic heterocycles. The number of carbonyl (C=O) groups is 1. The SMILES string of the molecule is CCCCNC(=O)[C@@H](C[C@H](O)[C@@H](N)CN(Cc1cc(Cl)c2c(c1)N(CCOC)CCC2)C(C)C)C(C)C. The van der Waals surface area contributed by atoms with Crippen molar-refractivity contribution < 1.29 is 14.6 Å². The third kappa shape index (κ3) is 9.70. The van der Waals surface area contributed by atoms with Gasteiger partial charge in [-0.05, 0) is 68.7 Å². The molecule has 1 amide bonds. The van der Waals surface area contributed by atoms with E-state index < -0.39 is 12.1 Å². The van der Waals surface area contributed by atoms with Gasteiger partial charge in [0, 0.05) is 68.5 Å². The van der Waals surface area contributed by atoms with Gasteiger partial charge in [0.15, 0.2) is 0 Å². The topological polar surface area (TPSA) is 91.1 Å². The van der Waals surface area contributed by atoms with Crippen LogP contribution in [0.15, 0.2) is 12.1 Å². The number of benzene rings is 1. The second kappa shape index (κ2) is 15.9. The average Bonchev–Trinajstić information content (AvgIpc) is 2.85. The molecule has 0 aliphatic carbocycles. The Hall–Kier alpha value is -1.38. The quantitative estimate of drug-likeness (QED) is 0.273. The fourth-order valence-corrected chi connectivity index (χ4v) is 5.35. The minimum atomic E-state index is -0.762. The van der Waals surface area contributed by atoms with Gasteiger partial charge in [-0.2, -0.15) is 0 Å². The van der Waals surface area contributed by atoms with E-state index in [1.54, 1.807) is 7.11 Å². The highest BCUT2D eigenvalue weighted by atomic mass is 35.5. The summed E-state index contributed by atoms with van der Waals surface area (Å²) in [5, 5.41) is 14.8.